The standard InChI is InChI=1S/C21H24N2O2/c1-21(2,3)16-10-8-15(9-11-16)18-14-19(18)20(24)23-22-12-4-6-17-7-5-13-25-17/h4-13,18-19H,14H2,1-3H3,(H,23,24)/b6-4-,22-12?/t18-,19+/m0/s1. The third-order valence-corrected chi connectivity index (χ3v) is 4.47. The highest BCUT2D eigenvalue weighted by molar-refractivity contribution is 5.84. The fraction of sp³-hybridized carbons (Fsp3) is 0.333. The highest BCUT2D eigenvalue weighted by Gasteiger charge is 2.43. The van der Waals surface area contributed by atoms with Crippen molar-refractivity contribution in [1.82, 2.24) is 5.43 Å². The Balaban J connectivity index is 1.48. The summed E-state index contributed by atoms with van der Waals surface area (Å²) in [6.45, 7) is 6.61. The molecule has 3 rings (SSSR count). The van der Waals surface area contributed by atoms with E-state index < -0.39 is 0 Å². The number of nitrogens with zero attached hydrogens (tertiary/aromatic N) is 1. The number of hydrazone groups is 1. The lowest BCUT2D eigenvalue weighted by atomic mass is 9.86. The largest absolute Gasteiger partial charge is 0.465 e. The molecule has 0 aliphatic heterocycles. The van der Waals surface area contributed by atoms with Crippen molar-refractivity contribution in [3.8, 4) is 0 Å². The van der Waals surface area contributed by atoms with Gasteiger partial charge < -0.3 is 4.42 Å². The molecular weight excluding hydrogens is 312 g/mol. The average Bonchev–Trinajstić information content (AvgIpc) is 3.22. The van der Waals surface area contributed by atoms with Crippen molar-refractivity contribution in [1.29, 1.82) is 0 Å². The molecule has 0 unspecified atom stereocenters. The Bertz CT molecular complexity index is 765. The Hall–Kier alpha value is -2.62. The number of carbonyl (C=O) groups excluding carboxylic acids is 1. The van der Waals surface area contributed by atoms with Crippen LogP contribution in [0.3, 0.4) is 0 Å². The van der Waals surface area contributed by atoms with E-state index >= 15 is 0 Å². The Labute approximate surface area is 148 Å². The molecule has 1 aromatic heterocycles. The maximum atomic E-state index is 12.1. The van der Waals surface area contributed by atoms with E-state index in [2.05, 4.69) is 55.6 Å². The number of hydrogen-bond donors (Lipinski definition) is 1. The molecule has 4 nitrogen and oxygen atoms in total. The molecule has 1 saturated carbocycles. The Kier molecular flexibility index (Phi) is 4.88. The zero-order chi connectivity index (χ0) is 17.9. The SMILES string of the molecule is CC(C)(C)c1ccc([C@@H]2C[C@H]2C(=O)NN=C/C=C\c2ccco2)cc1. The Morgan fingerprint density at radius 2 is 2.00 bits per heavy atom. The molecule has 1 aromatic carbocycles. The van der Waals surface area contributed by atoms with Crippen LogP contribution in [0.15, 0.2) is 58.3 Å². The lowest BCUT2D eigenvalue weighted by Crippen LogP contribution is -2.19. The quantitative estimate of drug-likeness (QED) is 0.646. The van der Waals surface area contributed by atoms with Gasteiger partial charge in [0.2, 0.25) is 5.91 Å². The number of furan rings is 1. The van der Waals surface area contributed by atoms with E-state index in [9.17, 15) is 4.79 Å². The van der Waals surface area contributed by atoms with Crippen LogP contribution in [0.2, 0.25) is 0 Å². The van der Waals surface area contributed by atoms with Gasteiger partial charge in [-0.3, -0.25) is 4.79 Å². The summed E-state index contributed by atoms with van der Waals surface area (Å²) in [6, 6.07) is 12.3. The molecular formula is C21H24N2O2. The van der Waals surface area contributed by atoms with E-state index in [4.69, 9.17) is 4.42 Å². The van der Waals surface area contributed by atoms with Gasteiger partial charge in [0, 0.05) is 12.1 Å². The van der Waals surface area contributed by atoms with Crippen molar-refractivity contribution in [2.45, 2.75) is 38.5 Å². The van der Waals surface area contributed by atoms with Crippen molar-refractivity contribution < 1.29 is 9.21 Å². The second-order valence-electron chi connectivity index (χ2n) is 7.45. The van der Waals surface area contributed by atoms with Crippen LogP contribution < -0.4 is 5.43 Å². The molecule has 2 aromatic rings. The molecule has 1 amide bonds. The van der Waals surface area contributed by atoms with Crippen molar-refractivity contribution in [2.24, 2.45) is 11.0 Å². The van der Waals surface area contributed by atoms with E-state index in [1.807, 2.05) is 12.1 Å². The van der Waals surface area contributed by atoms with Crippen molar-refractivity contribution >= 4 is 18.2 Å². The summed E-state index contributed by atoms with van der Waals surface area (Å²) in [4.78, 5) is 12.1. The number of nitrogens with one attached hydrogen (secondary N) is 1. The minimum Gasteiger partial charge on any atom is -0.465 e. The fourth-order valence-corrected chi connectivity index (χ4v) is 2.83. The molecule has 1 fully saturated rings. The molecule has 1 aliphatic rings. The first kappa shape index (κ1) is 17.2. The highest BCUT2D eigenvalue weighted by Crippen LogP contribution is 2.47. The van der Waals surface area contributed by atoms with Crippen molar-refractivity contribution in [3.63, 3.8) is 0 Å². The molecule has 0 spiro atoms. The second kappa shape index (κ2) is 7.09. The summed E-state index contributed by atoms with van der Waals surface area (Å²) in [5.74, 6) is 1.06. The van der Waals surface area contributed by atoms with Crippen molar-refractivity contribution in [2.75, 3.05) is 0 Å². The number of allylic oxidation sites excluding steroid dienone is 1. The first-order chi connectivity index (χ1) is 11.9. The third kappa shape index (κ3) is 4.47. The smallest absolute Gasteiger partial charge is 0.243 e. The monoisotopic (exact) mass is 336 g/mol. The van der Waals surface area contributed by atoms with Gasteiger partial charge in [-0.1, -0.05) is 45.0 Å². The van der Waals surface area contributed by atoms with Crippen LogP contribution in [0, 0.1) is 5.92 Å². The summed E-state index contributed by atoms with van der Waals surface area (Å²) in [5.41, 5.74) is 5.30. The number of amides is 1. The fourth-order valence-electron chi connectivity index (χ4n) is 2.83. The third-order valence-electron chi connectivity index (χ3n) is 4.47. The van der Waals surface area contributed by atoms with Gasteiger partial charge in [0.1, 0.15) is 5.76 Å². The van der Waals surface area contributed by atoms with E-state index in [1.54, 1.807) is 24.6 Å². The second-order valence-corrected chi connectivity index (χ2v) is 7.45. The normalized spacial score (nSPS) is 20.3. The number of rotatable bonds is 5. The van der Waals surface area contributed by atoms with Gasteiger partial charge in [0.05, 0.1) is 6.26 Å². The number of benzene rings is 1. The van der Waals surface area contributed by atoms with Gasteiger partial charge in [0.15, 0.2) is 0 Å². The molecule has 1 aliphatic carbocycles. The maximum absolute atomic E-state index is 12.1. The molecule has 0 bridgehead atoms. The minimum atomic E-state index is -0.0208. The molecule has 0 saturated heterocycles. The van der Waals surface area contributed by atoms with Crippen LogP contribution in [0.25, 0.3) is 6.08 Å². The van der Waals surface area contributed by atoms with Gasteiger partial charge in [-0.05, 0) is 53.2 Å². The highest BCUT2D eigenvalue weighted by atomic mass is 16.3. The van der Waals surface area contributed by atoms with E-state index in [-0.39, 0.29) is 17.2 Å². The molecule has 25 heavy (non-hydrogen) atoms. The van der Waals surface area contributed by atoms with E-state index in [1.165, 1.54) is 11.1 Å². The van der Waals surface area contributed by atoms with Gasteiger partial charge in [-0.15, -0.1) is 0 Å². The lowest BCUT2D eigenvalue weighted by molar-refractivity contribution is -0.122. The summed E-state index contributed by atoms with van der Waals surface area (Å²) in [5, 5.41) is 3.95. The van der Waals surface area contributed by atoms with Gasteiger partial charge >= 0.3 is 0 Å². The van der Waals surface area contributed by atoms with Crippen LogP contribution in [0.5, 0.6) is 0 Å². The van der Waals surface area contributed by atoms with Crippen LogP contribution in [-0.2, 0) is 10.2 Å². The topological polar surface area (TPSA) is 54.6 Å². The molecule has 2 atom stereocenters. The predicted molar refractivity (Wildman–Crippen MR) is 100 cm³/mol. The van der Waals surface area contributed by atoms with Crippen molar-refractivity contribution in [3.05, 3.63) is 65.6 Å². The van der Waals surface area contributed by atoms with Crippen LogP contribution in [0.4, 0.5) is 0 Å². The number of carbonyl (C=O) groups is 1. The summed E-state index contributed by atoms with van der Waals surface area (Å²) in [6.07, 6.45) is 7.56. The Morgan fingerprint density at radius 3 is 2.64 bits per heavy atom. The molecule has 1 N–H and O–H groups in total. The maximum Gasteiger partial charge on any atom is 0.243 e. The predicted octanol–water partition coefficient (Wildman–Crippen LogP) is 4.50. The lowest BCUT2D eigenvalue weighted by Gasteiger charge is -2.19. The molecule has 1 heterocycles. The minimum absolute atomic E-state index is 0.0201. The summed E-state index contributed by atoms with van der Waals surface area (Å²) in [7, 11) is 0. The Morgan fingerprint density at radius 1 is 1.24 bits per heavy atom. The first-order valence-corrected chi connectivity index (χ1v) is 8.58. The summed E-state index contributed by atoms with van der Waals surface area (Å²) < 4.78 is 5.17. The van der Waals surface area contributed by atoms with Gasteiger partial charge in [-0.25, -0.2) is 5.43 Å². The molecule has 4 heteroatoms. The summed E-state index contributed by atoms with van der Waals surface area (Å²) >= 11 is 0. The van der Waals surface area contributed by atoms with E-state index in [0.717, 1.165) is 12.2 Å². The average molecular weight is 336 g/mol. The van der Waals surface area contributed by atoms with Crippen LogP contribution >= 0.6 is 0 Å². The molecule has 0 radical (unpaired) electrons. The molecule has 130 valence electrons. The van der Waals surface area contributed by atoms with Gasteiger partial charge in [-0.2, -0.15) is 5.10 Å². The first-order valence-electron chi connectivity index (χ1n) is 8.58. The zero-order valence-corrected chi connectivity index (χ0v) is 14.9. The van der Waals surface area contributed by atoms with E-state index in [0.29, 0.717) is 5.92 Å². The zero-order valence-electron chi connectivity index (χ0n) is 14.9. The van der Waals surface area contributed by atoms with Crippen LogP contribution in [0.1, 0.15) is 50.0 Å². The van der Waals surface area contributed by atoms with Crippen LogP contribution in [-0.4, -0.2) is 12.1 Å². The van der Waals surface area contributed by atoms with Gasteiger partial charge in [0.25, 0.3) is 0 Å². The number of hydrogen-bond acceptors (Lipinski definition) is 3.